The average Bonchev–Trinajstić information content (AvgIpc) is 3.51. The van der Waals surface area contributed by atoms with E-state index in [1.807, 2.05) is 43.3 Å². The molecule has 2 aromatic carbocycles. The van der Waals surface area contributed by atoms with Crippen molar-refractivity contribution in [3.05, 3.63) is 59.7 Å². The third kappa shape index (κ3) is 5.05. The Kier molecular flexibility index (Phi) is 6.21. The fourth-order valence-electron chi connectivity index (χ4n) is 3.68. The molecule has 2 N–H and O–H groups in total. The van der Waals surface area contributed by atoms with Gasteiger partial charge in [0.05, 0.1) is 18.2 Å². The minimum atomic E-state index is -0.411. The van der Waals surface area contributed by atoms with Crippen LogP contribution in [0.4, 0.5) is 5.69 Å². The van der Waals surface area contributed by atoms with E-state index in [2.05, 4.69) is 10.6 Å². The quantitative estimate of drug-likeness (QED) is 0.686. The number of hydrogen-bond donors (Lipinski definition) is 2. The summed E-state index contributed by atoms with van der Waals surface area (Å²) in [5.41, 5.74) is 2.22. The van der Waals surface area contributed by atoms with E-state index in [1.54, 1.807) is 17.0 Å². The van der Waals surface area contributed by atoms with E-state index in [4.69, 9.17) is 4.74 Å². The van der Waals surface area contributed by atoms with Crippen molar-refractivity contribution >= 4 is 23.4 Å². The molecule has 162 valence electrons. The highest BCUT2D eigenvalue weighted by Crippen LogP contribution is 2.33. The lowest BCUT2D eigenvalue weighted by Gasteiger charge is -2.20. The molecule has 3 amide bonds. The predicted molar refractivity (Wildman–Crippen MR) is 117 cm³/mol. The normalized spacial score (nSPS) is 18.0. The standard InChI is InChI=1S/C24H27N3O4/c1-2-31-21-6-4-3-5-20(21)27-15-18(13-22(27)28)23(29)25-14-16-7-9-17(10-8-16)24(30)26-19-11-12-19/h3-10,18-19H,2,11-15H2,1H3,(H,25,29)(H,26,30). The van der Waals surface area contributed by atoms with Crippen molar-refractivity contribution < 1.29 is 19.1 Å². The van der Waals surface area contributed by atoms with Gasteiger partial charge in [0.1, 0.15) is 5.75 Å². The van der Waals surface area contributed by atoms with E-state index in [0.29, 0.717) is 42.7 Å². The molecule has 1 saturated heterocycles. The average molecular weight is 421 g/mol. The number of ether oxygens (including phenoxy) is 1. The molecule has 31 heavy (non-hydrogen) atoms. The number of nitrogens with zero attached hydrogens (tertiary/aromatic N) is 1. The Morgan fingerprint density at radius 1 is 1.10 bits per heavy atom. The fraction of sp³-hybridized carbons (Fsp3) is 0.375. The second-order valence-corrected chi connectivity index (χ2v) is 7.97. The first-order valence-corrected chi connectivity index (χ1v) is 10.7. The summed E-state index contributed by atoms with van der Waals surface area (Å²) in [5, 5.41) is 5.87. The summed E-state index contributed by atoms with van der Waals surface area (Å²) < 4.78 is 5.63. The molecule has 2 fully saturated rings. The maximum absolute atomic E-state index is 12.7. The Balaban J connectivity index is 1.32. The van der Waals surface area contributed by atoms with Crippen LogP contribution in [0.25, 0.3) is 0 Å². The molecule has 2 aliphatic rings. The minimum absolute atomic E-state index is 0.0602. The molecule has 4 rings (SSSR count). The molecule has 0 spiro atoms. The second-order valence-electron chi connectivity index (χ2n) is 7.97. The largest absolute Gasteiger partial charge is 0.492 e. The third-order valence-electron chi connectivity index (χ3n) is 5.55. The highest BCUT2D eigenvalue weighted by molar-refractivity contribution is 6.01. The van der Waals surface area contributed by atoms with Crippen molar-refractivity contribution in [3.8, 4) is 5.75 Å². The van der Waals surface area contributed by atoms with E-state index < -0.39 is 5.92 Å². The number of carbonyl (C=O) groups is 3. The lowest BCUT2D eigenvalue weighted by Crippen LogP contribution is -2.32. The third-order valence-corrected chi connectivity index (χ3v) is 5.55. The maximum Gasteiger partial charge on any atom is 0.251 e. The summed E-state index contributed by atoms with van der Waals surface area (Å²) in [5.74, 6) is -0.0652. The molecule has 0 bridgehead atoms. The molecule has 1 saturated carbocycles. The van der Waals surface area contributed by atoms with Gasteiger partial charge in [0, 0.05) is 31.1 Å². The molecule has 1 aliphatic heterocycles. The van der Waals surface area contributed by atoms with Crippen LogP contribution in [-0.2, 0) is 16.1 Å². The Labute approximate surface area is 181 Å². The number of rotatable bonds is 8. The van der Waals surface area contributed by atoms with Crippen LogP contribution in [0.3, 0.4) is 0 Å². The predicted octanol–water partition coefficient (Wildman–Crippen LogP) is 2.65. The lowest BCUT2D eigenvalue weighted by atomic mass is 10.1. The summed E-state index contributed by atoms with van der Waals surface area (Å²) in [4.78, 5) is 38.9. The Morgan fingerprint density at radius 3 is 2.55 bits per heavy atom. The highest BCUT2D eigenvalue weighted by Gasteiger charge is 2.36. The maximum atomic E-state index is 12.7. The molecular weight excluding hydrogens is 394 g/mol. The smallest absolute Gasteiger partial charge is 0.251 e. The fourth-order valence-corrected chi connectivity index (χ4v) is 3.68. The van der Waals surface area contributed by atoms with E-state index >= 15 is 0 Å². The number of hydrogen-bond acceptors (Lipinski definition) is 4. The van der Waals surface area contributed by atoms with Crippen LogP contribution in [-0.4, -0.2) is 36.9 Å². The molecule has 0 radical (unpaired) electrons. The number of anilines is 1. The van der Waals surface area contributed by atoms with Gasteiger partial charge in [0.25, 0.3) is 5.91 Å². The first-order chi connectivity index (χ1) is 15.0. The van der Waals surface area contributed by atoms with E-state index in [1.165, 1.54) is 0 Å². The Morgan fingerprint density at radius 2 is 1.84 bits per heavy atom. The first kappa shape index (κ1) is 20.9. The zero-order valence-corrected chi connectivity index (χ0v) is 17.6. The van der Waals surface area contributed by atoms with Crippen LogP contribution < -0.4 is 20.3 Å². The molecule has 7 heteroatoms. The van der Waals surface area contributed by atoms with Gasteiger partial charge in [-0.05, 0) is 49.6 Å². The van der Waals surface area contributed by atoms with Gasteiger partial charge in [-0.3, -0.25) is 14.4 Å². The van der Waals surface area contributed by atoms with Gasteiger partial charge in [-0.25, -0.2) is 0 Å². The van der Waals surface area contributed by atoms with E-state index in [0.717, 1.165) is 18.4 Å². The van der Waals surface area contributed by atoms with Crippen molar-refractivity contribution in [2.24, 2.45) is 5.92 Å². The summed E-state index contributed by atoms with van der Waals surface area (Å²) in [7, 11) is 0. The number of carbonyl (C=O) groups excluding carboxylic acids is 3. The first-order valence-electron chi connectivity index (χ1n) is 10.7. The van der Waals surface area contributed by atoms with Gasteiger partial charge in [-0.2, -0.15) is 0 Å². The monoisotopic (exact) mass is 421 g/mol. The van der Waals surface area contributed by atoms with Crippen molar-refractivity contribution in [2.45, 2.75) is 38.8 Å². The molecule has 1 unspecified atom stereocenters. The Hall–Kier alpha value is -3.35. The number of benzene rings is 2. The van der Waals surface area contributed by atoms with Crippen molar-refractivity contribution in [2.75, 3.05) is 18.1 Å². The van der Waals surface area contributed by atoms with Gasteiger partial charge in [0.15, 0.2) is 0 Å². The summed E-state index contributed by atoms with van der Waals surface area (Å²) in [6.07, 6.45) is 2.27. The van der Waals surface area contributed by atoms with Crippen LogP contribution in [0.15, 0.2) is 48.5 Å². The van der Waals surface area contributed by atoms with E-state index in [-0.39, 0.29) is 24.1 Å². The van der Waals surface area contributed by atoms with Crippen LogP contribution in [0, 0.1) is 5.92 Å². The van der Waals surface area contributed by atoms with E-state index in [9.17, 15) is 14.4 Å². The molecule has 7 nitrogen and oxygen atoms in total. The minimum Gasteiger partial charge on any atom is -0.492 e. The van der Waals surface area contributed by atoms with Gasteiger partial charge in [-0.1, -0.05) is 24.3 Å². The van der Waals surface area contributed by atoms with Crippen LogP contribution in [0.1, 0.15) is 42.1 Å². The summed E-state index contributed by atoms with van der Waals surface area (Å²) in [6, 6.07) is 14.9. The zero-order valence-electron chi connectivity index (χ0n) is 17.6. The summed E-state index contributed by atoms with van der Waals surface area (Å²) >= 11 is 0. The highest BCUT2D eigenvalue weighted by atomic mass is 16.5. The molecule has 1 atom stereocenters. The van der Waals surface area contributed by atoms with Gasteiger partial charge in [-0.15, -0.1) is 0 Å². The molecule has 2 aromatic rings. The molecule has 0 aromatic heterocycles. The zero-order chi connectivity index (χ0) is 21.8. The van der Waals surface area contributed by atoms with Crippen LogP contribution in [0.2, 0.25) is 0 Å². The second kappa shape index (κ2) is 9.20. The van der Waals surface area contributed by atoms with Crippen molar-refractivity contribution in [3.63, 3.8) is 0 Å². The van der Waals surface area contributed by atoms with Crippen LogP contribution >= 0.6 is 0 Å². The number of nitrogens with one attached hydrogen (secondary N) is 2. The number of amides is 3. The van der Waals surface area contributed by atoms with Gasteiger partial charge < -0.3 is 20.3 Å². The molecular formula is C24H27N3O4. The van der Waals surface area contributed by atoms with Crippen molar-refractivity contribution in [1.29, 1.82) is 0 Å². The van der Waals surface area contributed by atoms with Gasteiger partial charge in [0.2, 0.25) is 11.8 Å². The SMILES string of the molecule is CCOc1ccccc1N1CC(C(=O)NCc2ccc(C(=O)NC3CC3)cc2)CC1=O. The van der Waals surface area contributed by atoms with Crippen LogP contribution in [0.5, 0.6) is 5.75 Å². The van der Waals surface area contributed by atoms with Gasteiger partial charge >= 0.3 is 0 Å². The number of para-hydroxylation sites is 2. The Bertz CT molecular complexity index is 969. The lowest BCUT2D eigenvalue weighted by molar-refractivity contribution is -0.126. The van der Waals surface area contributed by atoms with Crippen molar-refractivity contribution in [1.82, 2.24) is 10.6 Å². The molecule has 1 heterocycles. The molecule has 1 aliphatic carbocycles. The summed E-state index contributed by atoms with van der Waals surface area (Å²) in [6.45, 7) is 3.08. The topological polar surface area (TPSA) is 87.7 Å².